The first-order valence-electron chi connectivity index (χ1n) is 2.95. The molecule has 0 aromatic heterocycles. The molecule has 60 valence electrons. The maximum absolute atomic E-state index is 10.6. The highest BCUT2D eigenvalue weighted by Gasteiger charge is 2.16. The fourth-order valence-corrected chi connectivity index (χ4v) is 0.423. The highest BCUT2D eigenvalue weighted by atomic mass is 16.5. The molecule has 5 heteroatoms. The number of aldehydes is 1. The minimum atomic E-state index is -1.35. The van der Waals surface area contributed by atoms with E-state index in [2.05, 4.69) is 9.73 Å². The lowest BCUT2D eigenvalue weighted by Crippen LogP contribution is -2.22. The number of ether oxygens (including phenoxy) is 1. The maximum atomic E-state index is 10.6. The van der Waals surface area contributed by atoms with E-state index in [0.29, 0.717) is 0 Å². The molecule has 0 heterocycles. The third-order valence-electron chi connectivity index (χ3n) is 0.849. The lowest BCUT2D eigenvalue weighted by Gasteiger charge is -2.00. The van der Waals surface area contributed by atoms with E-state index < -0.39 is 12.0 Å². The second kappa shape index (κ2) is 5.32. The van der Waals surface area contributed by atoms with E-state index in [1.807, 2.05) is 0 Å². The van der Waals surface area contributed by atoms with Crippen LogP contribution < -0.4 is 0 Å². The van der Waals surface area contributed by atoms with E-state index in [1.54, 1.807) is 6.92 Å². The van der Waals surface area contributed by atoms with Crippen LogP contribution in [0.15, 0.2) is 4.99 Å². The van der Waals surface area contributed by atoms with E-state index in [0.717, 1.165) is 6.08 Å². The van der Waals surface area contributed by atoms with Crippen molar-refractivity contribution in [2.75, 3.05) is 6.61 Å². The molecule has 0 bridgehead atoms. The summed E-state index contributed by atoms with van der Waals surface area (Å²) in [5.41, 5.74) is 0. The van der Waals surface area contributed by atoms with Crippen LogP contribution in [0.25, 0.3) is 0 Å². The van der Waals surface area contributed by atoms with Gasteiger partial charge in [-0.2, -0.15) is 4.99 Å². The highest BCUT2D eigenvalue weighted by molar-refractivity contribution is 5.93. The normalized spacial score (nSPS) is 11.0. The molecule has 0 amide bonds. The Morgan fingerprint density at radius 2 is 2.45 bits per heavy atom. The van der Waals surface area contributed by atoms with Crippen molar-refractivity contribution in [1.82, 2.24) is 0 Å². The van der Waals surface area contributed by atoms with Crippen LogP contribution in [0.2, 0.25) is 0 Å². The largest absolute Gasteiger partial charge is 0.464 e. The average Bonchev–Trinajstić information content (AvgIpc) is 2.00. The van der Waals surface area contributed by atoms with Crippen molar-refractivity contribution in [3.63, 3.8) is 0 Å². The minimum Gasteiger partial charge on any atom is -0.464 e. The van der Waals surface area contributed by atoms with Crippen molar-refractivity contribution in [1.29, 1.82) is 0 Å². The monoisotopic (exact) mass is 157 g/mol. The van der Waals surface area contributed by atoms with Gasteiger partial charge in [-0.05, 0) is 6.92 Å². The number of carbonyl (C=O) groups is 2. The van der Waals surface area contributed by atoms with Crippen LogP contribution in [0.3, 0.4) is 0 Å². The van der Waals surface area contributed by atoms with Crippen LogP contribution in [-0.2, 0) is 19.1 Å². The van der Waals surface area contributed by atoms with E-state index in [4.69, 9.17) is 0 Å². The van der Waals surface area contributed by atoms with E-state index in [1.165, 1.54) is 0 Å². The first-order chi connectivity index (χ1) is 5.26. The SMILES string of the molecule is CCOC(=O)C(C=O)N=C=O. The maximum Gasteiger partial charge on any atom is 0.339 e. The van der Waals surface area contributed by atoms with Gasteiger partial charge in [-0.3, -0.25) is 0 Å². The fourth-order valence-electron chi connectivity index (χ4n) is 0.423. The first-order valence-corrected chi connectivity index (χ1v) is 2.95. The Bertz CT molecular complexity index is 195. The molecule has 1 unspecified atom stereocenters. The number of carbonyl (C=O) groups excluding carboxylic acids is 3. The standard InChI is InChI=1S/C6H7NO4/c1-2-11-6(10)5(3-8)7-4-9/h3,5H,2H2,1H3. The van der Waals surface area contributed by atoms with Gasteiger partial charge in [0.2, 0.25) is 12.1 Å². The van der Waals surface area contributed by atoms with Gasteiger partial charge in [-0.15, -0.1) is 0 Å². The molecule has 0 aromatic rings. The molecule has 5 nitrogen and oxygen atoms in total. The van der Waals surface area contributed by atoms with Crippen LogP contribution in [0, 0.1) is 0 Å². The second-order valence-corrected chi connectivity index (χ2v) is 1.55. The number of rotatable bonds is 4. The molecule has 0 radical (unpaired) electrons. The summed E-state index contributed by atoms with van der Waals surface area (Å²) in [6.07, 6.45) is 1.33. The van der Waals surface area contributed by atoms with Gasteiger partial charge in [0.05, 0.1) is 6.61 Å². The molecule has 0 aliphatic carbocycles. The predicted molar refractivity (Wildman–Crippen MR) is 34.6 cm³/mol. The minimum absolute atomic E-state index is 0.150. The summed E-state index contributed by atoms with van der Waals surface area (Å²) in [5.74, 6) is -0.828. The number of hydrogen-bond acceptors (Lipinski definition) is 5. The third-order valence-corrected chi connectivity index (χ3v) is 0.849. The topological polar surface area (TPSA) is 72.8 Å². The Labute approximate surface area is 63.1 Å². The summed E-state index contributed by atoms with van der Waals surface area (Å²) >= 11 is 0. The molecule has 11 heavy (non-hydrogen) atoms. The average molecular weight is 157 g/mol. The molecule has 0 aromatic carbocycles. The Balaban J connectivity index is 4.13. The molecule has 0 aliphatic rings. The van der Waals surface area contributed by atoms with Gasteiger partial charge in [0.15, 0.2) is 6.29 Å². The van der Waals surface area contributed by atoms with Gasteiger partial charge in [-0.1, -0.05) is 0 Å². The van der Waals surface area contributed by atoms with Crippen molar-refractivity contribution in [2.45, 2.75) is 13.0 Å². The quantitative estimate of drug-likeness (QED) is 0.180. The summed E-state index contributed by atoms with van der Waals surface area (Å²) in [5, 5.41) is 0. The summed E-state index contributed by atoms with van der Waals surface area (Å²) in [6.45, 7) is 1.74. The molecular weight excluding hydrogens is 150 g/mol. The molecule has 0 saturated carbocycles. The van der Waals surface area contributed by atoms with Crippen molar-refractivity contribution >= 4 is 18.3 Å². The predicted octanol–water partition coefficient (Wildman–Crippen LogP) is -0.547. The Morgan fingerprint density at radius 3 is 2.82 bits per heavy atom. The lowest BCUT2D eigenvalue weighted by atomic mass is 10.3. The van der Waals surface area contributed by atoms with Gasteiger partial charge in [-0.25, -0.2) is 9.59 Å². The van der Waals surface area contributed by atoms with Gasteiger partial charge in [0, 0.05) is 0 Å². The van der Waals surface area contributed by atoms with E-state index in [-0.39, 0.29) is 12.9 Å². The number of isocyanates is 1. The summed E-state index contributed by atoms with van der Waals surface area (Å²) in [4.78, 5) is 33.2. The van der Waals surface area contributed by atoms with Crippen LogP contribution in [0.1, 0.15) is 6.92 Å². The Kier molecular flexibility index (Phi) is 4.60. The number of esters is 1. The molecule has 0 aliphatic heterocycles. The van der Waals surface area contributed by atoms with Crippen molar-refractivity contribution in [3.05, 3.63) is 0 Å². The Hall–Kier alpha value is -1.48. The van der Waals surface area contributed by atoms with Crippen LogP contribution >= 0.6 is 0 Å². The van der Waals surface area contributed by atoms with Crippen LogP contribution in [0.4, 0.5) is 0 Å². The van der Waals surface area contributed by atoms with E-state index in [9.17, 15) is 14.4 Å². The summed E-state index contributed by atoms with van der Waals surface area (Å²) < 4.78 is 4.40. The number of aliphatic imine (C=N–C) groups is 1. The second-order valence-electron chi connectivity index (χ2n) is 1.55. The highest BCUT2D eigenvalue weighted by Crippen LogP contribution is 1.89. The van der Waals surface area contributed by atoms with Gasteiger partial charge >= 0.3 is 5.97 Å². The van der Waals surface area contributed by atoms with E-state index >= 15 is 0 Å². The number of nitrogens with zero attached hydrogens (tertiary/aromatic N) is 1. The fraction of sp³-hybridized carbons (Fsp3) is 0.500. The zero-order valence-corrected chi connectivity index (χ0v) is 5.94. The first kappa shape index (κ1) is 9.52. The smallest absolute Gasteiger partial charge is 0.339 e. The number of hydrogen-bond donors (Lipinski definition) is 0. The zero-order chi connectivity index (χ0) is 8.69. The zero-order valence-electron chi connectivity index (χ0n) is 5.94. The molecule has 1 atom stereocenters. The lowest BCUT2D eigenvalue weighted by molar-refractivity contribution is -0.145. The molecular formula is C6H7NO4. The van der Waals surface area contributed by atoms with Gasteiger partial charge in [0.1, 0.15) is 0 Å². The van der Waals surface area contributed by atoms with Crippen LogP contribution in [-0.4, -0.2) is 31.0 Å². The molecule has 0 N–H and O–H groups in total. The Morgan fingerprint density at radius 1 is 1.82 bits per heavy atom. The summed E-state index contributed by atoms with van der Waals surface area (Å²) in [7, 11) is 0. The van der Waals surface area contributed by atoms with Crippen molar-refractivity contribution < 1.29 is 19.1 Å². The molecule has 0 saturated heterocycles. The third kappa shape index (κ3) is 3.27. The molecule has 0 rings (SSSR count). The van der Waals surface area contributed by atoms with Crippen LogP contribution in [0.5, 0.6) is 0 Å². The molecule has 0 spiro atoms. The van der Waals surface area contributed by atoms with Gasteiger partial charge < -0.3 is 9.53 Å². The summed E-state index contributed by atoms with van der Waals surface area (Å²) in [6, 6.07) is -1.35. The van der Waals surface area contributed by atoms with Crippen molar-refractivity contribution in [2.24, 2.45) is 4.99 Å². The van der Waals surface area contributed by atoms with Gasteiger partial charge in [0.25, 0.3) is 0 Å². The molecule has 0 fully saturated rings. The van der Waals surface area contributed by atoms with Crippen molar-refractivity contribution in [3.8, 4) is 0 Å².